The van der Waals surface area contributed by atoms with Crippen LogP contribution in [0.2, 0.25) is 0 Å². The normalized spacial score (nSPS) is 20.0. The maximum absolute atomic E-state index is 15.0. The molecule has 1 aromatic rings. The smallest absolute Gasteiger partial charge is 0.227 e. The molecule has 1 N–H and O–H groups in total. The van der Waals surface area contributed by atoms with Crippen LogP contribution >= 0.6 is 15.9 Å². The van der Waals surface area contributed by atoms with E-state index in [1.54, 1.807) is 17.3 Å². The highest BCUT2D eigenvalue weighted by atomic mass is 79.9. The number of piperazine rings is 1. The zero-order valence-electron chi connectivity index (χ0n) is 14.8. The Bertz CT molecular complexity index is 750. The maximum atomic E-state index is 15.0. The van der Waals surface area contributed by atoms with Gasteiger partial charge >= 0.3 is 0 Å². The lowest BCUT2D eigenvalue weighted by molar-refractivity contribution is 0.322. The molecule has 7 heteroatoms. The molecule has 0 aromatic heterocycles. The fraction of sp³-hybridized carbons (Fsp3) is 0.444. The van der Waals surface area contributed by atoms with Crippen molar-refractivity contribution in [3.8, 4) is 0 Å². The number of halogens is 2. The van der Waals surface area contributed by atoms with Crippen molar-refractivity contribution in [2.24, 2.45) is 10.1 Å². The van der Waals surface area contributed by atoms with Gasteiger partial charge in [-0.15, -0.1) is 0 Å². The highest BCUT2D eigenvalue weighted by molar-refractivity contribution is 9.10. The molecule has 2 heterocycles. The molecule has 1 aromatic carbocycles. The zero-order chi connectivity index (χ0) is 18.0. The molecule has 1 fully saturated rings. The average molecular weight is 408 g/mol. The van der Waals surface area contributed by atoms with Gasteiger partial charge in [0.2, 0.25) is 5.96 Å². The van der Waals surface area contributed by atoms with Crippen LogP contribution in [0.1, 0.15) is 32.8 Å². The summed E-state index contributed by atoms with van der Waals surface area (Å²) in [4.78, 5) is 6.97. The van der Waals surface area contributed by atoms with Crippen molar-refractivity contribution in [2.75, 3.05) is 26.2 Å². The van der Waals surface area contributed by atoms with Crippen LogP contribution in [-0.2, 0) is 0 Å². The predicted octanol–water partition coefficient (Wildman–Crippen LogP) is 3.94. The summed E-state index contributed by atoms with van der Waals surface area (Å²) in [5.41, 5.74) is 3.03. The fourth-order valence-corrected chi connectivity index (χ4v) is 3.41. The summed E-state index contributed by atoms with van der Waals surface area (Å²) >= 11 is 3.30. The van der Waals surface area contributed by atoms with Crippen LogP contribution in [-0.4, -0.2) is 48.3 Å². The van der Waals surface area contributed by atoms with Crippen LogP contribution in [0.3, 0.4) is 0 Å². The van der Waals surface area contributed by atoms with Crippen LogP contribution in [0, 0.1) is 5.82 Å². The number of hydrazone groups is 1. The minimum atomic E-state index is -0.292. The minimum Gasteiger partial charge on any atom is -0.338 e. The van der Waals surface area contributed by atoms with Gasteiger partial charge in [0, 0.05) is 32.4 Å². The van der Waals surface area contributed by atoms with Crippen LogP contribution in [0.25, 0.3) is 5.70 Å². The Hall–Kier alpha value is -1.73. The van der Waals surface area contributed by atoms with Gasteiger partial charge in [0.15, 0.2) is 0 Å². The molecule has 0 radical (unpaired) electrons. The van der Waals surface area contributed by atoms with Crippen molar-refractivity contribution >= 4 is 39.5 Å². The molecule has 2 aliphatic heterocycles. The number of allylic oxidation sites excluding steroid dienone is 1. The summed E-state index contributed by atoms with van der Waals surface area (Å²) in [7, 11) is 0. The van der Waals surface area contributed by atoms with Gasteiger partial charge < -0.3 is 10.2 Å². The molecule has 0 atom stereocenters. The average Bonchev–Trinajstić information content (AvgIpc) is 2.64. The number of rotatable bonds is 2. The van der Waals surface area contributed by atoms with Crippen molar-refractivity contribution in [1.82, 2.24) is 15.2 Å². The van der Waals surface area contributed by atoms with Crippen LogP contribution in [0.5, 0.6) is 0 Å². The second kappa shape index (κ2) is 7.66. The minimum absolute atomic E-state index is 0.292. The molecule has 1 saturated heterocycles. The van der Waals surface area contributed by atoms with E-state index in [4.69, 9.17) is 4.99 Å². The molecule has 25 heavy (non-hydrogen) atoms. The number of guanidine groups is 1. The molecule has 0 saturated carbocycles. The standard InChI is InChI=1S/C18H23BrFN5/c1-4-12(3)17-15-14(7-6-13(19)16(15)20)23-18(25(17)22-5-2)24-10-8-21-9-11-24/h5-7,21H,4,8-11H2,1-3H3. The van der Waals surface area contributed by atoms with E-state index in [1.165, 1.54) is 0 Å². The second-order valence-corrected chi connectivity index (χ2v) is 6.93. The molecule has 3 rings (SSSR count). The highest BCUT2D eigenvalue weighted by Crippen LogP contribution is 2.41. The van der Waals surface area contributed by atoms with E-state index in [2.05, 4.69) is 38.2 Å². The lowest BCUT2D eigenvalue weighted by atomic mass is 10.0. The van der Waals surface area contributed by atoms with Gasteiger partial charge in [-0.25, -0.2) is 14.4 Å². The molecule has 0 aliphatic carbocycles. The van der Waals surface area contributed by atoms with Gasteiger partial charge in [-0.3, -0.25) is 0 Å². The van der Waals surface area contributed by atoms with E-state index in [9.17, 15) is 4.39 Å². The Morgan fingerprint density at radius 1 is 1.40 bits per heavy atom. The van der Waals surface area contributed by atoms with Gasteiger partial charge in [0.25, 0.3) is 0 Å². The summed E-state index contributed by atoms with van der Waals surface area (Å²) < 4.78 is 15.4. The van der Waals surface area contributed by atoms with E-state index in [1.807, 2.05) is 19.9 Å². The van der Waals surface area contributed by atoms with Crippen molar-refractivity contribution in [1.29, 1.82) is 0 Å². The third-order valence-corrected chi connectivity index (χ3v) is 5.11. The fourth-order valence-electron chi connectivity index (χ4n) is 3.08. The number of benzene rings is 1. The van der Waals surface area contributed by atoms with Crippen molar-refractivity contribution in [3.05, 3.63) is 33.6 Å². The Balaban J connectivity index is 2.24. The number of aliphatic imine (C=N–C) groups is 1. The van der Waals surface area contributed by atoms with Crippen LogP contribution < -0.4 is 5.32 Å². The van der Waals surface area contributed by atoms with E-state index in [-0.39, 0.29) is 5.82 Å². The molecular weight excluding hydrogens is 385 g/mol. The van der Waals surface area contributed by atoms with E-state index in [0.717, 1.165) is 49.8 Å². The van der Waals surface area contributed by atoms with Gasteiger partial charge in [-0.2, -0.15) is 5.10 Å². The Morgan fingerprint density at radius 2 is 2.12 bits per heavy atom. The Labute approximate surface area is 156 Å². The first-order valence-corrected chi connectivity index (χ1v) is 9.39. The predicted molar refractivity (Wildman–Crippen MR) is 105 cm³/mol. The summed E-state index contributed by atoms with van der Waals surface area (Å²) in [5.74, 6) is 0.469. The van der Waals surface area contributed by atoms with Crippen molar-refractivity contribution in [3.63, 3.8) is 0 Å². The van der Waals surface area contributed by atoms with Crippen molar-refractivity contribution in [2.45, 2.75) is 27.2 Å². The molecule has 134 valence electrons. The molecule has 0 amide bonds. The quantitative estimate of drug-likeness (QED) is 0.754. The largest absolute Gasteiger partial charge is 0.338 e. The van der Waals surface area contributed by atoms with Gasteiger partial charge in [-0.05, 0) is 53.9 Å². The van der Waals surface area contributed by atoms with Crippen LogP contribution in [0.15, 0.2) is 32.3 Å². The zero-order valence-corrected chi connectivity index (χ0v) is 16.4. The number of fused-ring (bicyclic) bond motifs is 1. The molecule has 2 aliphatic rings. The van der Waals surface area contributed by atoms with Crippen LogP contribution in [0.4, 0.5) is 10.1 Å². The van der Waals surface area contributed by atoms with Crippen molar-refractivity contribution < 1.29 is 4.39 Å². The highest BCUT2D eigenvalue weighted by Gasteiger charge is 2.33. The van der Waals surface area contributed by atoms with E-state index >= 15 is 0 Å². The summed E-state index contributed by atoms with van der Waals surface area (Å²) in [6.45, 7) is 9.45. The molecule has 5 nitrogen and oxygen atoms in total. The van der Waals surface area contributed by atoms with E-state index < -0.39 is 0 Å². The molecule has 0 bridgehead atoms. The molecular formula is C18H23BrFN5. The number of nitrogens with zero attached hydrogens (tertiary/aromatic N) is 4. The second-order valence-electron chi connectivity index (χ2n) is 6.07. The lowest BCUT2D eigenvalue weighted by Crippen LogP contribution is -2.51. The Morgan fingerprint density at radius 3 is 2.76 bits per heavy atom. The molecule has 0 spiro atoms. The van der Waals surface area contributed by atoms with Gasteiger partial charge in [-0.1, -0.05) is 6.92 Å². The number of hydrogen-bond donors (Lipinski definition) is 1. The topological polar surface area (TPSA) is 43.2 Å². The first kappa shape index (κ1) is 18.1. The first-order chi connectivity index (χ1) is 12.1. The van der Waals surface area contributed by atoms with E-state index in [0.29, 0.717) is 15.7 Å². The third-order valence-electron chi connectivity index (χ3n) is 4.50. The Kier molecular flexibility index (Phi) is 5.54. The number of hydrogen-bond acceptors (Lipinski definition) is 5. The maximum Gasteiger partial charge on any atom is 0.227 e. The SMILES string of the molecule is CC=NN1C(N2CCNCC2)=Nc2ccc(Br)c(F)c2C1=C(C)CC. The van der Waals surface area contributed by atoms with Gasteiger partial charge in [0.05, 0.1) is 21.4 Å². The van der Waals surface area contributed by atoms with Gasteiger partial charge in [0.1, 0.15) is 5.82 Å². The number of nitrogens with one attached hydrogen (secondary N) is 1. The summed E-state index contributed by atoms with van der Waals surface area (Å²) in [6.07, 6.45) is 2.53. The first-order valence-electron chi connectivity index (χ1n) is 8.59. The summed E-state index contributed by atoms with van der Waals surface area (Å²) in [6, 6.07) is 3.57. The molecule has 0 unspecified atom stereocenters. The monoisotopic (exact) mass is 407 g/mol. The summed E-state index contributed by atoms with van der Waals surface area (Å²) in [5, 5.41) is 9.68. The lowest BCUT2D eigenvalue weighted by Gasteiger charge is -2.38. The third kappa shape index (κ3) is 3.35.